The summed E-state index contributed by atoms with van der Waals surface area (Å²) in [5.74, 6) is 0. The highest BCUT2D eigenvalue weighted by atomic mass is 32.2. The van der Waals surface area contributed by atoms with Crippen LogP contribution in [0.2, 0.25) is 0 Å². The number of fused-ring (bicyclic) bond motifs is 2. The van der Waals surface area contributed by atoms with E-state index in [1.807, 2.05) is 25.1 Å². The van der Waals surface area contributed by atoms with Crippen LogP contribution < -0.4 is 10.6 Å². The minimum atomic E-state index is -4.02. The summed E-state index contributed by atoms with van der Waals surface area (Å²) in [6.45, 7) is 8.52. The molecular formula is C28H32N4O4S. The molecule has 1 heterocycles. The van der Waals surface area contributed by atoms with Gasteiger partial charge in [-0.25, -0.2) is 4.79 Å². The molecule has 2 amide bonds. The largest absolute Gasteiger partial charge is 0.331 e. The Morgan fingerprint density at radius 1 is 1.08 bits per heavy atom. The molecule has 5 rings (SSSR count). The van der Waals surface area contributed by atoms with Crippen LogP contribution >= 0.6 is 0 Å². The van der Waals surface area contributed by atoms with Gasteiger partial charge in [-0.1, -0.05) is 62.7 Å². The summed E-state index contributed by atoms with van der Waals surface area (Å²) >= 11 is 0. The van der Waals surface area contributed by atoms with Crippen molar-refractivity contribution in [3.05, 3.63) is 89.1 Å². The molecule has 1 atom stereocenters. The van der Waals surface area contributed by atoms with Gasteiger partial charge in [0.2, 0.25) is 0 Å². The van der Waals surface area contributed by atoms with Crippen LogP contribution in [0.5, 0.6) is 0 Å². The number of aromatic amines is 1. The second-order valence-corrected chi connectivity index (χ2v) is 11.7. The van der Waals surface area contributed by atoms with E-state index in [1.54, 1.807) is 18.3 Å². The Kier molecular flexibility index (Phi) is 7.38. The van der Waals surface area contributed by atoms with Crippen LogP contribution in [0.4, 0.5) is 10.5 Å². The van der Waals surface area contributed by atoms with Gasteiger partial charge < -0.3 is 10.6 Å². The van der Waals surface area contributed by atoms with E-state index in [9.17, 15) is 13.2 Å². The fourth-order valence-electron chi connectivity index (χ4n) is 4.34. The highest BCUT2D eigenvalue weighted by molar-refractivity contribution is 7.85. The number of hydrogen-bond donors (Lipinski definition) is 4. The van der Waals surface area contributed by atoms with E-state index in [2.05, 4.69) is 59.8 Å². The third-order valence-electron chi connectivity index (χ3n) is 6.44. The molecule has 8 nitrogen and oxygen atoms in total. The maximum absolute atomic E-state index is 12.5. The summed E-state index contributed by atoms with van der Waals surface area (Å²) in [5.41, 5.74) is 6.68. The fraction of sp³-hybridized carbons (Fsp3) is 0.286. The van der Waals surface area contributed by atoms with Crippen LogP contribution in [0.25, 0.3) is 10.9 Å². The number of carbonyl (C=O) groups is 1. The molecule has 194 valence electrons. The number of anilines is 1. The smallest absolute Gasteiger partial charge is 0.319 e. The lowest BCUT2D eigenvalue weighted by Crippen LogP contribution is -2.31. The lowest BCUT2D eigenvalue weighted by Gasteiger charge is -2.21. The Bertz CT molecular complexity index is 1520. The van der Waals surface area contributed by atoms with Crippen molar-refractivity contribution in [3.8, 4) is 0 Å². The SMILES string of the molecule is CC(C)(C)c1ccc2c(c1)CC[C@@H]2NC(=O)Nc1cccc2[nH]ncc12.Cc1ccc(S(=O)(=O)O)cc1. The Morgan fingerprint density at radius 2 is 1.81 bits per heavy atom. The van der Waals surface area contributed by atoms with Gasteiger partial charge in [-0.3, -0.25) is 9.65 Å². The topological polar surface area (TPSA) is 124 Å². The number of nitrogens with zero attached hydrogens (tertiary/aromatic N) is 1. The molecule has 4 N–H and O–H groups in total. The van der Waals surface area contributed by atoms with Crippen LogP contribution in [-0.4, -0.2) is 29.2 Å². The van der Waals surface area contributed by atoms with Gasteiger partial charge in [0, 0.05) is 5.39 Å². The Morgan fingerprint density at radius 3 is 2.49 bits per heavy atom. The highest BCUT2D eigenvalue weighted by Gasteiger charge is 2.26. The molecule has 0 saturated heterocycles. The summed E-state index contributed by atoms with van der Waals surface area (Å²) in [7, 11) is -4.02. The first-order chi connectivity index (χ1) is 17.4. The number of aryl methyl sites for hydroxylation is 2. The average Bonchev–Trinajstić information content (AvgIpc) is 3.46. The van der Waals surface area contributed by atoms with Gasteiger partial charge >= 0.3 is 6.03 Å². The van der Waals surface area contributed by atoms with Crippen LogP contribution in [0, 0.1) is 6.92 Å². The molecule has 4 aromatic rings. The van der Waals surface area contributed by atoms with Crippen LogP contribution in [0.3, 0.4) is 0 Å². The molecular weight excluding hydrogens is 488 g/mol. The predicted octanol–water partition coefficient (Wildman–Crippen LogP) is 5.91. The Labute approximate surface area is 217 Å². The molecule has 0 bridgehead atoms. The van der Waals surface area contributed by atoms with E-state index >= 15 is 0 Å². The van der Waals surface area contributed by atoms with Crippen LogP contribution in [0.1, 0.15) is 55.5 Å². The standard InChI is InChI=1S/C21H24N4O.C7H8O3S/c1-21(2,3)14-8-9-15-13(11-14)7-10-18(15)24-20(26)23-17-5-4-6-19-16(17)12-22-25-19;1-6-2-4-7(5-3-6)11(8,9)10/h4-6,8-9,11-12,18H,7,10H2,1-3H3,(H,22,25)(H2,23,24,26);2-5H,1H3,(H,8,9,10)/t18-;/m0./s1. The number of rotatable bonds is 3. The zero-order valence-corrected chi connectivity index (χ0v) is 22.2. The number of nitrogens with one attached hydrogen (secondary N) is 3. The Balaban J connectivity index is 0.000000245. The molecule has 9 heteroatoms. The van der Waals surface area contributed by atoms with Crippen molar-refractivity contribution < 1.29 is 17.8 Å². The number of urea groups is 1. The van der Waals surface area contributed by atoms with Crippen LogP contribution in [-0.2, 0) is 22.0 Å². The molecule has 1 aliphatic rings. The normalized spacial score (nSPS) is 15.0. The van der Waals surface area contributed by atoms with Crippen molar-refractivity contribution in [1.29, 1.82) is 0 Å². The van der Waals surface area contributed by atoms with Gasteiger partial charge in [0.05, 0.1) is 28.3 Å². The second kappa shape index (κ2) is 10.4. The average molecular weight is 521 g/mol. The molecule has 0 spiro atoms. The molecule has 0 unspecified atom stereocenters. The van der Waals surface area contributed by atoms with E-state index in [-0.39, 0.29) is 22.4 Å². The fourth-order valence-corrected chi connectivity index (χ4v) is 4.82. The maximum Gasteiger partial charge on any atom is 0.319 e. The lowest BCUT2D eigenvalue weighted by molar-refractivity contribution is 0.248. The van der Waals surface area contributed by atoms with Gasteiger partial charge in [0.1, 0.15) is 0 Å². The number of carbonyl (C=O) groups excluding carboxylic acids is 1. The van der Waals surface area contributed by atoms with E-state index in [1.165, 1.54) is 28.8 Å². The number of hydrogen-bond acceptors (Lipinski definition) is 4. The quantitative estimate of drug-likeness (QED) is 0.250. The minimum absolute atomic E-state index is 0.0579. The monoisotopic (exact) mass is 520 g/mol. The van der Waals surface area contributed by atoms with E-state index in [4.69, 9.17) is 4.55 Å². The van der Waals surface area contributed by atoms with Crippen molar-refractivity contribution in [3.63, 3.8) is 0 Å². The first-order valence-corrected chi connectivity index (χ1v) is 13.5. The molecule has 37 heavy (non-hydrogen) atoms. The molecule has 0 aliphatic heterocycles. The van der Waals surface area contributed by atoms with Gasteiger partial charge in [-0.05, 0) is 66.1 Å². The van der Waals surface area contributed by atoms with E-state index < -0.39 is 10.1 Å². The van der Waals surface area contributed by atoms with Crippen LogP contribution in [0.15, 0.2) is 71.8 Å². The van der Waals surface area contributed by atoms with Gasteiger partial charge in [-0.15, -0.1) is 0 Å². The molecule has 0 fully saturated rings. The lowest BCUT2D eigenvalue weighted by atomic mass is 9.85. The second-order valence-electron chi connectivity index (χ2n) is 10.3. The third kappa shape index (κ3) is 6.36. The number of amides is 2. The predicted molar refractivity (Wildman–Crippen MR) is 145 cm³/mol. The number of aromatic nitrogens is 2. The summed E-state index contributed by atoms with van der Waals surface area (Å²) < 4.78 is 29.6. The van der Waals surface area contributed by atoms with E-state index in [0.29, 0.717) is 0 Å². The van der Waals surface area contributed by atoms with Crippen molar-refractivity contribution in [1.82, 2.24) is 15.5 Å². The number of H-pyrrole nitrogens is 1. The summed E-state index contributed by atoms with van der Waals surface area (Å²) in [4.78, 5) is 12.5. The van der Waals surface area contributed by atoms with Crippen molar-refractivity contribution in [2.24, 2.45) is 0 Å². The first-order valence-electron chi connectivity index (χ1n) is 12.1. The molecule has 3 aromatic carbocycles. The van der Waals surface area contributed by atoms with Gasteiger partial charge in [0.15, 0.2) is 0 Å². The zero-order chi connectivity index (χ0) is 26.8. The summed E-state index contributed by atoms with van der Waals surface area (Å²) in [5, 5.41) is 13.9. The third-order valence-corrected chi connectivity index (χ3v) is 7.31. The summed E-state index contributed by atoms with van der Waals surface area (Å²) in [6.07, 6.45) is 3.66. The molecule has 1 aliphatic carbocycles. The first kappa shape index (κ1) is 26.4. The van der Waals surface area contributed by atoms with E-state index in [0.717, 1.165) is 35.0 Å². The maximum atomic E-state index is 12.5. The summed E-state index contributed by atoms with van der Waals surface area (Å²) in [6, 6.07) is 18.2. The van der Waals surface area contributed by atoms with Crippen molar-refractivity contribution in [2.75, 3.05) is 5.32 Å². The van der Waals surface area contributed by atoms with Crippen molar-refractivity contribution in [2.45, 2.75) is 56.9 Å². The number of benzene rings is 3. The minimum Gasteiger partial charge on any atom is -0.331 e. The Hall–Kier alpha value is -3.69. The molecule has 0 saturated carbocycles. The van der Waals surface area contributed by atoms with Crippen molar-refractivity contribution >= 4 is 32.7 Å². The molecule has 0 radical (unpaired) electrons. The van der Waals surface area contributed by atoms with Gasteiger partial charge in [-0.2, -0.15) is 13.5 Å². The highest BCUT2D eigenvalue weighted by Crippen LogP contribution is 2.34. The van der Waals surface area contributed by atoms with Gasteiger partial charge in [0.25, 0.3) is 10.1 Å². The zero-order valence-electron chi connectivity index (χ0n) is 21.4. The molecule has 1 aromatic heterocycles.